The summed E-state index contributed by atoms with van der Waals surface area (Å²) >= 11 is 0. The molecule has 1 N–H and O–H groups in total. The Morgan fingerprint density at radius 1 is 1.00 bits per heavy atom. The molecule has 0 spiro atoms. The number of anilines is 1. The minimum absolute atomic E-state index is 0.0546. The first-order valence-electron chi connectivity index (χ1n) is 9.07. The van der Waals surface area contributed by atoms with E-state index in [1.54, 1.807) is 14.2 Å². The highest BCUT2D eigenvalue weighted by Crippen LogP contribution is 2.28. The Morgan fingerprint density at radius 3 is 2.26 bits per heavy atom. The molecule has 0 aliphatic rings. The van der Waals surface area contributed by atoms with Crippen molar-refractivity contribution in [1.29, 1.82) is 0 Å². The molecule has 1 unspecified atom stereocenters. The zero-order valence-corrected chi connectivity index (χ0v) is 16.7. The van der Waals surface area contributed by atoms with Gasteiger partial charge in [0.25, 0.3) is 0 Å². The summed E-state index contributed by atoms with van der Waals surface area (Å²) in [7, 11) is 3.29. The molecule has 0 aromatic heterocycles. The second-order valence-electron chi connectivity index (χ2n) is 7.33. The lowest BCUT2D eigenvalue weighted by molar-refractivity contribution is -0.154. The fourth-order valence-electron chi connectivity index (χ4n) is 2.72. The Morgan fingerprint density at radius 2 is 1.67 bits per heavy atom. The van der Waals surface area contributed by atoms with E-state index in [4.69, 9.17) is 14.2 Å². The molecule has 0 bridgehead atoms. The Hall–Kier alpha value is -2.69. The second kappa shape index (κ2) is 9.31. The van der Waals surface area contributed by atoms with Crippen molar-refractivity contribution in [2.45, 2.75) is 45.3 Å². The second-order valence-corrected chi connectivity index (χ2v) is 7.33. The molecule has 0 saturated carbocycles. The van der Waals surface area contributed by atoms with Crippen molar-refractivity contribution in [2.24, 2.45) is 0 Å². The van der Waals surface area contributed by atoms with Crippen LogP contribution in [0.4, 0.5) is 5.69 Å². The molecular formula is C22H29NO4. The van der Waals surface area contributed by atoms with Gasteiger partial charge in [-0.3, -0.25) is 4.79 Å². The number of nitrogens with one attached hydrogen (secondary N) is 1. The van der Waals surface area contributed by atoms with E-state index in [2.05, 4.69) is 5.32 Å². The number of benzene rings is 2. The van der Waals surface area contributed by atoms with Crippen LogP contribution in [0, 0.1) is 0 Å². The van der Waals surface area contributed by atoms with Gasteiger partial charge in [-0.05, 0) is 69.2 Å². The molecule has 0 amide bonds. The normalized spacial score (nSPS) is 12.2. The molecule has 5 heteroatoms. The number of rotatable bonds is 8. The topological polar surface area (TPSA) is 56.8 Å². The summed E-state index contributed by atoms with van der Waals surface area (Å²) < 4.78 is 16.0. The molecule has 2 rings (SSSR count). The minimum Gasteiger partial charge on any atom is -0.497 e. The van der Waals surface area contributed by atoms with Crippen molar-refractivity contribution in [3.05, 3.63) is 54.1 Å². The Labute approximate surface area is 161 Å². The predicted molar refractivity (Wildman–Crippen MR) is 107 cm³/mol. The molecule has 1 atom stereocenters. The van der Waals surface area contributed by atoms with Gasteiger partial charge in [-0.2, -0.15) is 0 Å². The van der Waals surface area contributed by atoms with E-state index in [1.165, 1.54) is 0 Å². The molecule has 0 heterocycles. The van der Waals surface area contributed by atoms with Gasteiger partial charge < -0.3 is 19.5 Å². The molecule has 2 aromatic carbocycles. The first-order valence-corrected chi connectivity index (χ1v) is 9.07. The van der Waals surface area contributed by atoms with Crippen LogP contribution in [-0.2, 0) is 9.53 Å². The van der Waals surface area contributed by atoms with Crippen molar-refractivity contribution in [3.8, 4) is 11.5 Å². The van der Waals surface area contributed by atoms with Gasteiger partial charge in [-0.1, -0.05) is 12.1 Å². The zero-order valence-electron chi connectivity index (χ0n) is 16.7. The number of ether oxygens (including phenoxy) is 3. The van der Waals surface area contributed by atoms with Crippen LogP contribution in [0.3, 0.4) is 0 Å². The van der Waals surface area contributed by atoms with E-state index in [0.29, 0.717) is 12.8 Å². The maximum absolute atomic E-state index is 12.2. The first kappa shape index (κ1) is 20.6. The van der Waals surface area contributed by atoms with Gasteiger partial charge in [-0.15, -0.1) is 0 Å². The monoisotopic (exact) mass is 371 g/mol. The Bertz CT molecular complexity index is 735. The molecule has 5 nitrogen and oxygen atoms in total. The average molecular weight is 371 g/mol. The fraction of sp³-hybridized carbons (Fsp3) is 0.409. The van der Waals surface area contributed by atoms with Gasteiger partial charge >= 0.3 is 5.97 Å². The van der Waals surface area contributed by atoms with E-state index in [0.717, 1.165) is 22.7 Å². The first-order chi connectivity index (χ1) is 12.8. The number of esters is 1. The van der Waals surface area contributed by atoms with Gasteiger partial charge in [0, 0.05) is 12.1 Å². The van der Waals surface area contributed by atoms with Crippen LogP contribution in [0.2, 0.25) is 0 Å². The van der Waals surface area contributed by atoms with Crippen LogP contribution in [-0.4, -0.2) is 25.8 Å². The number of hydrogen-bond donors (Lipinski definition) is 1. The summed E-state index contributed by atoms with van der Waals surface area (Å²) in [6, 6.07) is 15.5. The smallest absolute Gasteiger partial charge is 0.306 e. The SMILES string of the molecule is COc1ccc(NC(CCC(=O)OC(C)(C)C)c2cccc(OC)c2)cc1. The summed E-state index contributed by atoms with van der Waals surface area (Å²) in [5, 5.41) is 3.50. The van der Waals surface area contributed by atoms with Crippen LogP contribution >= 0.6 is 0 Å². The van der Waals surface area contributed by atoms with Gasteiger partial charge in [0.2, 0.25) is 0 Å². The summed E-state index contributed by atoms with van der Waals surface area (Å²) in [6.45, 7) is 5.63. The quantitative estimate of drug-likeness (QED) is 0.663. The maximum atomic E-state index is 12.2. The van der Waals surface area contributed by atoms with Gasteiger partial charge in [0.1, 0.15) is 17.1 Å². The molecule has 0 aliphatic heterocycles. The standard InChI is InChI=1S/C22H29NO4/c1-22(2,3)27-21(24)14-13-20(16-7-6-8-19(15-16)26-5)23-17-9-11-18(25-4)12-10-17/h6-12,15,20,23H,13-14H2,1-5H3. The maximum Gasteiger partial charge on any atom is 0.306 e. The zero-order chi connectivity index (χ0) is 19.9. The number of methoxy groups -OCH3 is 2. The third kappa shape index (κ3) is 6.85. The number of carbonyl (C=O) groups is 1. The van der Waals surface area contributed by atoms with Crippen molar-refractivity contribution in [1.82, 2.24) is 0 Å². The van der Waals surface area contributed by atoms with E-state index in [-0.39, 0.29) is 12.0 Å². The van der Waals surface area contributed by atoms with Crippen molar-refractivity contribution < 1.29 is 19.0 Å². The van der Waals surface area contributed by atoms with Crippen LogP contribution in [0.15, 0.2) is 48.5 Å². The number of hydrogen-bond acceptors (Lipinski definition) is 5. The lowest BCUT2D eigenvalue weighted by Crippen LogP contribution is -2.24. The van der Waals surface area contributed by atoms with E-state index in [9.17, 15) is 4.79 Å². The van der Waals surface area contributed by atoms with Crippen LogP contribution in [0.1, 0.15) is 45.2 Å². The van der Waals surface area contributed by atoms with E-state index in [1.807, 2.05) is 69.3 Å². The van der Waals surface area contributed by atoms with Gasteiger partial charge in [0.15, 0.2) is 0 Å². The molecular weight excluding hydrogens is 342 g/mol. The van der Waals surface area contributed by atoms with Crippen LogP contribution < -0.4 is 14.8 Å². The third-order valence-electron chi connectivity index (χ3n) is 3.98. The largest absolute Gasteiger partial charge is 0.497 e. The lowest BCUT2D eigenvalue weighted by Gasteiger charge is -2.23. The van der Waals surface area contributed by atoms with Gasteiger partial charge in [0.05, 0.1) is 20.3 Å². The van der Waals surface area contributed by atoms with E-state index < -0.39 is 5.60 Å². The molecule has 2 aromatic rings. The van der Waals surface area contributed by atoms with Crippen molar-refractivity contribution >= 4 is 11.7 Å². The molecule has 0 saturated heterocycles. The third-order valence-corrected chi connectivity index (χ3v) is 3.98. The van der Waals surface area contributed by atoms with Crippen molar-refractivity contribution in [3.63, 3.8) is 0 Å². The van der Waals surface area contributed by atoms with Crippen LogP contribution in [0.25, 0.3) is 0 Å². The molecule has 0 radical (unpaired) electrons. The lowest BCUT2D eigenvalue weighted by atomic mass is 10.0. The highest BCUT2D eigenvalue weighted by Gasteiger charge is 2.19. The number of carbonyl (C=O) groups excluding carboxylic acids is 1. The molecule has 27 heavy (non-hydrogen) atoms. The summed E-state index contributed by atoms with van der Waals surface area (Å²) in [5.74, 6) is 1.38. The van der Waals surface area contributed by atoms with E-state index >= 15 is 0 Å². The van der Waals surface area contributed by atoms with Gasteiger partial charge in [-0.25, -0.2) is 0 Å². The summed E-state index contributed by atoms with van der Waals surface area (Å²) in [4.78, 5) is 12.2. The Kier molecular flexibility index (Phi) is 7.11. The average Bonchev–Trinajstić information content (AvgIpc) is 2.64. The highest BCUT2D eigenvalue weighted by molar-refractivity contribution is 5.70. The summed E-state index contributed by atoms with van der Waals surface area (Å²) in [6.07, 6.45) is 0.927. The highest BCUT2D eigenvalue weighted by atomic mass is 16.6. The molecule has 0 fully saturated rings. The predicted octanol–water partition coefficient (Wildman–Crippen LogP) is 4.98. The Balaban J connectivity index is 2.15. The fourth-order valence-corrected chi connectivity index (χ4v) is 2.72. The molecule has 0 aliphatic carbocycles. The minimum atomic E-state index is -0.480. The summed E-state index contributed by atoms with van der Waals surface area (Å²) in [5.41, 5.74) is 1.52. The van der Waals surface area contributed by atoms with Crippen molar-refractivity contribution in [2.75, 3.05) is 19.5 Å². The molecule has 146 valence electrons. The van der Waals surface area contributed by atoms with Crippen LogP contribution in [0.5, 0.6) is 11.5 Å².